The Kier molecular flexibility index (Phi) is 3.65. The first-order valence-corrected chi connectivity index (χ1v) is 5.91. The van der Waals surface area contributed by atoms with Crippen LogP contribution in [0.25, 0.3) is 0 Å². The average Bonchev–Trinajstić information content (AvgIpc) is 3.11. The molecule has 0 atom stereocenters. The Labute approximate surface area is 109 Å². The Hall–Kier alpha value is -2.16. The normalized spacial score (nSPS) is 13.8. The van der Waals surface area contributed by atoms with Gasteiger partial charge in [0.25, 0.3) is 0 Å². The first-order valence-electron chi connectivity index (χ1n) is 5.91. The highest BCUT2D eigenvalue weighted by Gasteiger charge is 2.24. The van der Waals surface area contributed by atoms with Gasteiger partial charge in [0.05, 0.1) is 18.2 Å². The summed E-state index contributed by atoms with van der Waals surface area (Å²) in [6, 6.07) is 3.78. The number of halogens is 2. The number of benzene rings is 1. The third-order valence-corrected chi connectivity index (χ3v) is 2.85. The summed E-state index contributed by atoms with van der Waals surface area (Å²) in [5.41, 5.74) is -0.389. The molecule has 4 nitrogen and oxygen atoms in total. The number of nitriles is 1. The van der Waals surface area contributed by atoms with E-state index in [1.807, 2.05) is 0 Å². The maximum absolute atomic E-state index is 13.7. The van der Waals surface area contributed by atoms with E-state index >= 15 is 0 Å². The van der Waals surface area contributed by atoms with Crippen LogP contribution < -0.4 is 10.2 Å². The molecule has 1 N–H and O–H groups in total. The van der Waals surface area contributed by atoms with Crippen molar-refractivity contribution >= 4 is 11.6 Å². The van der Waals surface area contributed by atoms with Crippen molar-refractivity contribution in [1.82, 2.24) is 5.32 Å². The van der Waals surface area contributed by atoms with Gasteiger partial charge in [-0.2, -0.15) is 5.26 Å². The van der Waals surface area contributed by atoms with Gasteiger partial charge in [0.15, 0.2) is 11.6 Å². The van der Waals surface area contributed by atoms with Gasteiger partial charge in [-0.05, 0) is 25.0 Å². The standard InChI is InChI=1S/C13H13F2N3O/c1-18(7-12(19)17-9-2-3-9)13-10(14)4-8(6-16)5-11(13)15/h4-5,9H,2-3,7H2,1H3,(H,17,19). The van der Waals surface area contributed by atoms with E-state index in [2.05, 4.69) is 5.32 Å². The molecule has 0 bridgehead atoms. The van der Waals surface area contributed by atoms with Gasteiger partial charge in [0.2, 0.25) is 5.91 Å². The molecule has 6 heteroatoms. The zero-order valence-electron chi connectivity index (χ0n) is 10.4. The van der Waals surface area contributed by atoms with Crippen LogP contribution in [0.5, 0.6) is 0 Å². The molecule has 100 valence electrons. The molecule has 1 fully saturated rings. The number of hydrogen-bond acceptors (Lipinski definition) is 3. The lowest BCUT2D eigenvalue weighted by Gasteiger charge is -2.20. The average molecular weight is 265 g/mol. The van der Waals surface area contributed by atoms with Crippen LogP contribution >= 0.6 is 0 Å². The number of likely N-dealkylation sites (N-methyl/N-ethyl adjacent to an activating group) is 1. The lowest BCUT2D eigenvalue weighted by molar-refractivity contribution is -0.119. The van der Waals surface area contributed by atoms with Crippen LogP contribution in [-0.4, -0.2) is 25.5 Å². The summed E-state index contributed by atoms with van der Waals surface area (Å²) in [4.78, 5) is 12.8. The highest BCUT2D eigenvalue weighted by Crippen LogP contribution is 2.24. The highest BCUT2D eigenvalue weighted by molar-refractivity contribution is 5.81. The molecule has 0 radical (unpaired) electrons. The number of carbonyl (C=O) groups excluding carboxylic acids is 1. The Bertz CT molecular complexity index is 526. The Morgan fingerprint density at radius 3 is 2.53 bits per heavy atom. The van der Waals surface area contributed by atoms with Gasteiger partial charge in [-0.25, -0.2) is 8.78 Å². The van der Waals surface area contributed by atoms with Crippen molar-refractivity contribution in [2.75, 3.05) is 18.5 Å². The van der Waals surface area contributed by atoms with Gasteiger partial charge in [0, 0.05) is 13.1 Å². The molecule has 2 rings (SSSR count). The summed E-state index contributed by atoms with van der Waals surface area (Å²) >= 11 is 0. The molecule has 0 aromatic heterocycles. The molecule has 1 aromatic carbocycles. The number of nitrogens with one attached hydrogen (secondary N) is 1. The molecule has 19 heavy (non-hydrogen) atoms. The van der Waals surface area contributed by atoms with E-state index in [4.69, 9.17) is 5.26 Å². The van der Waals surface area contributed by atoms with Crippen molar-refractivity contribution in [3.63, 3.8) is 0 Å². The van der Waals surface area contributed by atoms with E-state index < -0.39 is 11.6 Å². The van der Waals surface area contributed by atoms with Crippen LogP contribution in [0.15, 0.2) is 12.1 Å². The SMILES string of the molecule is CN(CC(=O)NC1CC1)c1c(F)cc(C#N)cc1F. The van der Waals surface area contributed by atoms with Gasteiger partial charge in [0.1, 0.15) is 5.69 Å². The number of rotatable bonds is 4. The summed E-state index contributed by atoms with van der Waals surface area (Å²) in [5.74, 6) is -1.97. The minimum absolute atomic E-state index is 0.0884. The van der Waals surface area contributed by atoms with Gasteiger partial charge in [-0.3, -0.25) is 4.79 Å². The minimum Gasteiger partial charge on any atom is -0.361 e. The number of anilines is 1. The lowest BCUT2D eigenvalue weighted by atomic mass is 10.2. The second-order valence-corrected chi connectivity index (χ2v) is 4.60. The summed E-state index contributed by atoms with van der Waals surface area (Å²) in [6.45, 7) is -0.129. The number of carbonyl (C=O) groups is 1. The number of nitrogens with zero attached hydrogens (tertiary/aromatic N) is 2. The van der Waals surface area contributed by atoms with Crippen molar-refractivity contribution in [1.29, 1.82) is 5.26 Å². The van der Waals surface area contributed by atoms with Crippen molar-refractivity contribution in [3.8, 4) is 6.07 Å². The van der Waals surface area contributed by atoms with Gasteiger partial charge >= 0.3 is 0 Å². The summed E-state index contributed by atoms with van der Waals surface area (Å²) in [5, 5.41) is 11.3. The van der Waals surface area contributed by atoms with Crippen molar-refractivity contribution in [2.24, 2.45) is 0 Å². The van der Waals surface area contributed by atoms with E-state index in [0.29, 0.717) is 0 Å². The third-order valence-electron chi connectivity index (χ3n) is 2.85. The largest absolute Gasteiger partial charge is 0.361 e. The molecule has 1 aliphatic rings. The Morgan fingerprint density at radius 1 is 1.47 bits per heavy atom. The van der Waals surface area contributed by atoms with E-state index in [1.54, 1.807) is 6.07 Å². The van der Waals surface area contributed by atoms with Crippen molar-refractivity contribution < 1.29 is 13.6 Å². The zero-order valence-corrected chi connectivity index (χ0v) is 10.4. The molecule has 1 aromatic rings. The second-order valence-electron chi connectivity index (χ2n) is 4.60. The first kappa shape index (κ1) is 13.3. The Morgan fingerprint density at radius 2 is 2.05 bits per heavy atom. The van der Waals surface area contributed by atoms with E-state index in [0.717, 1.165) is 25.0 Å². The quantitative estimate of drug-likeness (QED) is 0.898. The fourth-order valence-electron chi connectivity index (χ4n) is 1.79. The maximum atomic E-state index is 13.7. The predicted molar refractivity (Wildman–Crippen MR) is 65.5 cm³/mol. The van der Waals surface area contributed by atoms with Crippen molar-refractivity contribution in [2.45, 2.75) is 18.9 Å². The van der Waals surface area contributed by atoms with Crippen LogP contribution in [0, 0.1) is 23.0 Å². The molecule has 1 amide bonds. The molecule has 0 saturated heterocycles. The monoisotopic (exact) mass is 265 g/mol. The van der Waals surface area contributed by atoms with E-state index in [1.165, 1.54) is 11.9 Å². The summed E-state index contributed by atoms with van der Waals surface area (Å²) in [6.07, 6.45) is 1.91. The molecule has 1 saturated carbocycles. The summed E-state index contributed by atoms with van der Waals surface area (Å²) < 4.78 is 27.4. The molecular formula is C13H13F2N3O. The second kappa shape index (κ2) is 5.22. The van der Waals surface area contributed by atoms with Gasteiger partial charge < -0.3 is 10.2 Å². The molecule has 0 aliphatic heterocycles. The van der Waals surface area contributed by atoms with Gasteiger partial charge in [-0.15, -0.1) is 0 Å². The van der Waals surface area contributed by atoms with Crippen LogP contribution in [-0.2, 0) is 4.79 Å². The fraction of sp³-hybridized carbons (Fsp3) is 0.385. The topological polar surface area (TPSA) is 56.1 Å². The number of hydrogen-bond donors (Lipinski definition) is 1. The van der Waals surface area contributed by atoms with Gasteiger partial charge in [-0.1, -0.05) is 0 Å². The third kappa shape index (κ3) is 3.19. The molecular weight excluding hydrogens is 252 g/mol. The molecule has 0 heterocycles. The van der Waals surface area contributed by atoms with Crippen LogP contribution in [0.3, 0.4) is 0 Å². The first-order chi connectivity index (χ1) is 9.01. The predicted octanol–water partition coefficient (Wildman–Crippen LogP) is 1.55. The fourth-order valence-corrected chi connectivity index (χ4v) is 1.79. The molecule has 0 unspecified atom stereocenters. The van der Waals surface area contributed by atoms with Crippen LogP contribution in [0.1, 0.15) is 18.4 Å². The summed E-state index contributed by atoms with van der Waals surface area (Å²) in [7, 11) is 1.43. The maximum Gasteiger partial charge on any atom is 0.239 e. The highest BCUT2D eigenvalue weighted by atomic mass is 19.1. The van der Waals surface area contributed by atoms with Crippen LogP contribution in [0.2, 0.25) is 0 Å². The molecule has 0 spiro atoms. The van der Waals surface area contributed by atoms with E-state index in [-0.39, 0.29) is 29.7 Å². The zero-order chi connectivity index (χ0) is 14.0. The van der Waals surface area contributed by atoms with Crippen LogP contribution in [0.4, 0.5) is 14.5 Å². The minimum atomic E-state index is -0.849. The number of amides is 1. The Balaban J connectivity index is 2.11. The molecule has 1 aliphatic carbocycles. The smallest absolute Gasteiger partial charge is 0.239 e. The van der Waals surface area contributed by atoms with E-state index in [9.17, 15) is 13.6 Å². The lowest BCUT2D eigenvalue weighted by Crippen LogP contribution is -2.36. The van der Waals surface area contributed by atoms with Crippen molar-refractivity contribution in [3.05, 3.63) is 29.3 Å².